The summed E-state index contributed by atoms with van der Waals surface area (Å²) in [6.07, 6.45) is 2.18. The molecule has 0 aliphatic carbocycles. The molecule has 3 aromatic rings. The summed E-state index contributed by atoms with van der Waals surface area (Å²) in [5.74, 6) is -0.191. The Bertz CT molecular complexity index is 1250. The number of benzene rings is 3. The van der Waals surface area contributed by atoms with E-state index in [1.807, 2.05) is 12.1 Å². The van der Waals surface area contributed by atoms with Crippen molar-refractivity contribution < 1.29 is 13.2 Å². The number of nitrogens with zero attached hydrogens (tertiary/aromatic N) is 1. The van der Waals surface area contributed by atoms with Crippen LogP contribution < -0.4 is 9.62 Å². The number of halogens is 1. The minimum atomic E-state index is -3.63. The lowest BCUT2D eigenvalue weighted by Crippen LogP contribution is -2.29. The fourth-order valence-corrected chi connectivity index (χ4v) is 6.19. The summed E-state index contributed by atoms with van der Waals surface area (Å²) in [6, 6.07) is 17.7. The van der Waals surface area contributed by atoms with Crippen molar-refractivity contribution in [1.82, 2.24) is 0 Å². The maximum absolute atomic E-state index is 13.1. The van der Waals surface area contributed by atoms with Crippen LogP contribution in [0.4, 0.5) is 11.4 Å². The van der Waals surface area contributed by atoms with Crippen molar-refractivity contribution in [2.24, 2.45) is 0 Å². The number of aryl methyl sites for hydroxylation is 2. The quantitative estimate of drug-likeness (QED) is 0.468. The first kappa shape index (κ1) is 22.6. The van der Waals surface area contributed by atoms with Crippen molar-refractivity contribution in [3.8, 4) is 0 Å². The van der Waals surface area contributed by atoms with Crippen LogP contribution >= 0.6 is 15.9 Å². The maximum atomic E-state index is 13.1. The van der Waals surface area contributed by atoms with Gasteiger partial charge in [0.2, 0.25) is 0 Å². The van der Waals surface area contributed by atoms with Crippen LogP contribution in [0.25, 0.3) is 0 Å². The van der Waals surface area contributed by atoms with E-state index in [0.717, 1.165) is 39.7 Å². The minimum Gasteiger partial charge on any atom is -0.321 e. The van der Waals surface area contributed by atoms with Gasteiger partial charge >= 0.3 is 0 Å². The van der Waals surface area contributed by atoms with Crippen molar-refractivity contribution in [2.45, 2.75) is 38.0 Å². The van der Waals surface area contributed by atoms with Gasteiger partial charge in [-0.05, 0) is 78.4 Å². The summed E-state index contributed by atoms with van der Waals surface area (Å²) in [6.45, 7) is 4.49. The van der Waals surface area contributed by atoms with Gasteiger partial charge in [0, 0.05) is 22.3 Å². The largest absolute Gasteiger partial charge is 0.321 e. The molecule has 5 nitrogen and oxygen atoms in total. The summed E-state index contributed by atoms with van der Waals surface area (Å²) >= 11 is 3.55. The molecule has 0 radical (unpaired) electrons. The number of amides is 1. The molecule has 1 aliphatic rings. The highest BCUT2D eigenvalue weighted by Crippen LogP contribution is 2.34. The molecular weight excluding hydrogens is 488 g/mol. The van der Waals surface area contributed by atoms with E-state index in [1.165, 1.54) is 4.31 Å². The summed E-state index contributed by atoms with van der Waals surface area (Å²) < 4.78 is 28.6. The number of hydrogen-bond donors (Lipinski definition) is 1. The first-order chi connectivity index (χ1) is 15.3. The highest BCUT2D eigenvalue weighted by atomic mass is 79.9. The van der Waals surface area contributed by atoms with Crippen LogP contribution in [0.2, 0.25) is 0 Å². The SMILES string of the molecule is CCc1cc(Br)cc(CC)c1NC(=O)c1ccc2c(c1)CCN2S(=O)(=O)c1ccccc1. The second-order valence-electron chi connectivity index (χ2n) is 7.74. The van der Waals surface area contributed by atoms with Crippen molar-refractivity contribution in [1.29, 1.82) is 0 Å². The zero-order valence-corrected chi connectivity index (χ0v) is 20.5. The Kier molecular flexibility index (Phi) is 6.40. The number of fused-ring (bicyclic) bond motifs is 1. The molecule has 0 fully saturated rings. The average molecular weight is 513 g/mol. The van der Waals surface area contributed by atoms with Crippen LogP contribution in [0.3, 0.4) is 0 Å². The van der Waals surface area contributed by atoms with Crippen LogP contribution in [0.15, 0.2) is 70.0 Å². The molecule has 0 spiro atoms. The lowest BCUT2D eigenvalue weighted by molar-refractivity contribution is 0.102. The molecule has 0 aromatic heterocycles. The van der Waals surface area contributed by atoms with E-state index in [2.05, 4.69) is 35.1 Å². The van der Waals surface area contributed by atoms with E-state index < -0.39 is 10.0 Å². The van der Waals surface area contributed by atoms with Crippen molar-refractivity contribution in [2.75, 3.05) is 16.2 Å². The second kappa shape index (κ2) is 9.08. The molecule has 4 rings (SSSR count). The molecule has 7 heteroatoms. The number of nitrogens with one attached hydrogen (secondary N) is 1. The monoisotopic (exact) mass is 512 g/mol. The molecule has 0 atom stereocenters. The van der Waals surface area contributed by atoms with Crippen LogP contribution in [0, 0.1) is 0 Å². The van der Waals surface area contributed by atoms with Gasteiger partial charge in [0.25, 0.3) is 15.9 Å². The topological polar surface area (TPSA) is 66.5 Å². The molecule has 1 amide bonds. The molecule has 1 N–H and O–H groups in total. The van der Waals surface area contributed by atoms with E-state index in [4.69, 9.17) is 0 Å². The summed E-state index contributed by atoms with van der Waals surface area (Å²) in [5, 5.41) is 3.09. The standard InChI is InChI=1S/C25H25BrN2O3S/c1-3-17-15-21(26)16-18(4-2)24(17)27-25(29)20-10-11-23-19(14-20)12-13-28(23)32(30,31)22-8-6-5-7-9-22/h5-11,14-16H,3-4,12-13H2,1-2H3,(H,27,29). The zero-order chi connectivity index (χ0) is 22.9. The van der Waals surface area contributed by atoms with Crippen LogP contribution in [-0.4, -0.2) is 20.9 Å². The first-order valence-corrected chi connectivity index (χ1v) is 12.9. The van der Waals surface area contributed by atoms with Gasteiger partial charge in [-0.1, -0.05) is 48.0 Å². The fraction of sp³-hybridized carbons (Fsp3) is 0.240. The molecule has 0 unspecified atom stereocenters. The number of carbonyl (C=O) groups is 1. The summed E-state index contributed by atoms with van der Waals surface area (Å²) in [4.78, 5) is 13.3. The minimum absolute atomic E-state index is 0.191. The molecule has 1 aliphatic heterocycles. The van der Waals surface area contributed by atoms with Crippen LogP contribution in [0.1, 0.15) is 40.9 Å². The van der Waals surface area contributed by atoms with E-state index in [0.29, 0.717) is 24.2 Å². The Hall–Kier alpha value is -2.64. The third kappa shape index (κ3) is 4.19. The van der Waals surface area contributed by atoms with Gasteiger partial charge in [0.1, 0.15) is 0 Å². The average Bonchev–Trinajstić information content (AvgIpc) is 3.24. The first-order valence-electron chi connectivity index (χ1n) is 10.7. The zero-order valence-electron chi connectivity index (χ0n) is 18.1. The molecule has 0 saturated heterocycles. The Morgan fingerprint density at radius 3 is 2.28 bits per heavy atom. The predicted octanol–water partition coefficient (Wildman–Crippen LogP) is 5.58. The molecule has 166 valence electrons. The summed E-state index contributed by atoms with van der Waals surface area (Å²) in [7, 11) is -3.63. The predicted molar refractivity (Wildman–Crippen MR) is 132 cm³/mol. The third-order valence-corrected chi connectivity index (χ3v) is 8.08. The lowest BCUT2D eigenvalue weighted by Gasteiger charge is -2.20. The Balaban J connectivity index is 1.62. The smallest absolute Gasteiger partial charge is 0.264 e. The Labute approximate surface area is 197 Å². The molecular formula is C25H25BrN2O3S. The molecule has 32 heavy (non-hydrogen) atoms. The number of sulfonamides is 1. The van der Waals surface area contributed by atoms with E-state index >= 15 is 0 Å². The number of anilines is 2. The van der Waals surface area contributed by atoms with E-state index in [1.54, 1.807) is 48.5 Å². The number of carbonyl (C=O) groups excluding carboxylic acids is 1. The molecule has 0 saturated carbocycles. The normalized spacial score (nSPS) is 13.2. The highest BCUT2D eigenvalue weighted by Gasteiger charge is 2.31. The van der Waals surface area contributed by atoms with Gasteiger partial charge in [0.05, 0.1) is 10.6 Å². The summed E-state index contributed by atoms with van der Waals surface area (Å²) in [5.41, 5.74) is 5.03. The van der Waals surface area contributed by atoms with Gasteiger partial charge in [-0.2, -0.15) is 0 Å². The van der Waals surface area contributed by atoms with Crippen molar-refractivity contribution >= 4 is 43.2 Å². The lowest BCUT2D eigenvalue weighted by atomic mass is 10.0. The second-order valence-corrected chi connectivity index (χ2v) is 10.5. The van der Waals surface area contributed by atoms with Gasteiger partial charge in [-0.15, -0.1) is 0 Å². The van der Waals surface area contributed by atoms with Gasteiger partial charge in [0.15, 0.2) is 0 Å². The third-order valence-electron chi connectivity index (χ3n) is 5.79. The number of hydrogen-bond acceptors (Lipinski definition) is 3. The van der Waals surface area contributed by atoms with Crippen molar-refractivity contribution in [3.05, 3.63) is 87.4 Å². The van der Waals surface area contributed by atoms with Gasteiger partial charge in [-0.3, -0.25) is 9.10 Å². The maximum Gasteiger partial charge on any atom is 0.264 e. The fourth-order valence-electron chi connectivity index (χ4n) is 4.11. The molecule has 1 heterocycles. The Morgan fingerprint density at radius 1 is 1.00 bits per heavy atom. The van der Waals surface area contributed by atoms with Gasteiger partial charge in [-0.25, -0.2) is 8.42 Å². The van der Waals surface area contributed by atoms with Crippen molar-refractivity contribution in [3.63, 3.8) is 0 Å². The highest BCUT2D eigenvalue weighted by molar-refractivity contribution is 9.10. The van der Waals surface area contributed by atoms with Crippen LogP contribution in [-0.2, 0) is 29.3 Å². The van der Waals surface area contributed by atoms with Gasteiger partial charge < -0.3 is 5.32 Å². The molecule has 0 bridgehead atoms. The Morgan fingerprint density at radius 2 is 1.66 bits per heavy atom. The van der Waals surface area contributed by atoms with Crippen LogP contribution in [0.5, 0.6) is 0 Å². The molecule has 3 aromatic carbocycles. The van der Waals surface area contributed by atoms with E-state index in [-0.39, 0.29) is 10.8 Å². The number of rotatable bonds is 6. The van der Waals surface area contributed by atoms with E-state index in [9.17, 15) is 13.2 Å².